The van der Waals surface area contributed by atoms with Gasteiger partial charge in [-0.15, -0.1) is 0 Å². The lowest BCUT2D eigenvalue weighted by atomic mass is 10.0. The molecule has 3 aromatic rings. The summed E-state index contributed by atoms with van der Waals surface area (Å²) in [6, 6.07) is 18.2. The predicted molar refractivity (Wildman–Crippen MR) is 142 cm³/mol. The van der Waals surface area contributed by atoms with Gasteiger partial charge in [-0.25, -0.2) is 0 Å². The van der Waals surface area contributed by atoms with Crippen LogP contribution < -0.4 is 5.32 Å². The minimum absolute atomic E-state index is 0.0278. The van der Waals surface area contributed by atoms with Gasteiger partial charge in [0, 0.05) is 51.2 Å². The average Bonchev–Trinajstić information content (AvgIpc) is 3.56. The van der Waals surface area contributed by atoms with E-state index in [2.05, 4.69) is 41.4 Å². The lowest BCUT2D eigenvalue weighted by molar-refractivity contribution is -0.135. The summed E-state index contributed by atoms with van der Waals surface area (Å²) in [4.78, 5) is 29.5. The van der Waals surface area contributed by atoms with Gasteiger partial charge in [-0.05, 0) is 49.1 Å². The van der Waals surface area contributed by atoms with Gasteiger partial charge in [0.15, 0.2) is 5.76 Å². The third kappa shape index (κ3) is 7.57. The molecule has 3 heterocycles. The van der Waals surface area contributed by atoms with Crippen LogP contribution in [0, 0.1) is 0 Å². The number of furan rings is 1. The van der Waals surface area contributed by atoms with E-state index in [0.29, 0.717) is 31.2 Å². The molecule has 1 aromatic carbocycles. The maximum absolute atomic E-state index is 12.8. The Hall–Kier alpha value is -3.36. The summed E-state index contributed by atoms with van der Waals surface area (Å²) in [7, 11) is 1.53. The molecule has 8 nitrogen and oxygen atoms in total. The van der Waals surface area contributed by atoms with Gasteiger partial charge in [-0.3, -0.25) is 14.5 Å². The van der Waals surface area contributed by atoms with Crippen molar-refractivity contribution in [2.45, 2.75) is 51.9 Å². The second kappa shape index (κ2) is 13.3. The third-order valence-corrected chi connectivity index (χ3v) is 6.77. The van der Waals surface area contributed by atoms with Gasteiger partial charge >= 0.3 is 0 Å². The summed E-state index contributed by atoms with van der Waals surface area (Å²) < 4.78 is 13.0. The quantitative estimate of drug-likeness (QED) is 0.403. The minimum Gasteiger partial charge on any atom is -0.454 e. The molecule has 198 valence electrons. The van der Waals surface area contributed by atoms with Crippen molar-refractivity contribution in [1.82, 2.24) is 19.7 Å². The van der Waals surface area contributed by atoms with E-state index in [1.807, 2.05) is 39.9 Å². The number of carbonyl (C=O) groups excluding carboxylic acids is 2. The lowest BCUT2D eigenvalue weighted by Crippen LogP contribution is -2.44. The number of amides is 2. The van der Waals surface area contributed by atoms with Crippen LogP contribution in [0.2, 0.25) is 0 Å². The summed E-state index contributed by atoms with van der Waals surface area (Å²) in [6.07, 6.45) is 4.69. The molecule has 2 amide bonds. The number of benzene rings is 1. The van der Waals surface area contributed by atoms with Crippen LogP contribution in [-0.4, -0.2) is 65.6 Å². The molecule has 0 radical (unpaired) electrons. The second-order valence-electron chi connectivity index (χ2n) is 9.65. The van der Waals surface area contributed by atoms with Gasteiger partial charge in [0.1, 0.15) is 12.4 Å². The zero-order chi connectivity index (χ0) is 26.0. The fourth-order valence-corrected chi connectivity index (χ4v) is 4.81. The first kappa shape index (κ1) is 26.7. The van der Waals surface area contributed by atoms with Gasteiger partial charge in [0.2, 0.25) is 5.91 Å². The molecule has 2 aromatic heterocycles. The summed E-state index contributed by atoms with van der Waals surface area (Å²) >= 11 is 0. The predicted octanol–water partition coefficient (Wildman–Crippen LogP) is 3.91. The van der Waals surface area contributed by atoms with E-state index in [1.165, 1.54) is 12.7 Å². The molecule has 4 rings (SSSR count). The number of aromatic nitrogens is 1. The van der Waals surface area contributed by atoms with Crippen LogP contribution in [0.5, 0.6) is 0 Å². The molecule has 8 heteroatoms. The van der Waals surface area contributed by atoms with Crippen molar-refractivity contribution in [2.75, 3.05) is 33.4 Å². The average molecular weight is 507 g/mol. The molecule has 0 aliphatic carbocycles. The monoisotopic (exact) mass is 506 g/mol. The van der Waals surface area contributed by atoms with Crippen molar-refractivity contribution in [3.05, 3.63) is 83.6 Å². The zero-order valence-electron chi connectivity index (χ0n) is 21.9. The third-order valence-electron chi connectivity index (χ3n) is 6.77. The summed E-state index contributed by atoms with van der Waals surface area (Å²) in [6.45, 7) is 6.65. The van der Waals surface area contributed by atoms with E-state index in [4.69, 9.17) is 9.15 Å². The Bertz CT molecular complexity index is 1130. The first-order chi connectivity index (χ1) is 18.1. The molecule has 37 heavy (non-hydrogen) atoms. The number of nitrogens with zero attached hydrogens (tertiary/aromatic N) is 3. The van der Waals surface area contributed by atoms with Crippen LogP contribution in [0.4, 0.5) is 0 Å². The van der Waals surface area contributed by atoms with E-state index in [1.54, 1.807) is 6.07 Å². The van der Waals surface area contributed by atoms with Crippen molar-refractivity contribution in [3.8, 4) is 0 Å². The van der Waals surface area contributed by atoms with Crippen LogP contribution in [0.15, 0.2) is 65.2 Å². The Morgan fingerprint density at radius 1 is 1.05 bits per heavy atom. The molecular formula is C29H38N4O4. The largest absolute Gasteiger partial charge is 0.454 e. The Balaban J connectivity index is 1.28. The fraction of sp³-hybridized carbons (Fsp3) is 0.448. The van der Waals surface area contributed by atoms with Crippen LogP contribution in [-0.2, 0) is 29.2 Å². The number of methoxy groups -OCH3 is 1. The van der Waals surface area contributed by atoms with Crippen molar-refractivity contribution >= 4 is 11.8 Å². The smallest absolute Gasteiger partial charge is 0.287 e. The molecule has 1 aliphatic heterocycles. The highest BCUT2D eigenvalue weighted by atomic mass is 16.5. The topological polar surface area (TPSA) is 80.0 Å². The molecule has 0 saturated carbocycles. The van der Waals surface area contributed by atoms with Crippen molar-refractivity contribution in [2.24, 2.45) is 0 Å². The standard InChI is InChI=1S/C29H38N4O4/c1-3-15-33(28(34)22-36-2)20-25-10-7-16-32(25)21-26-11-12-27(37-26)29(35)30-24-13-17-31(18-14-24)19-23-8-5-4-6-9-23/h4-12,16,24H,3,13-15,17-22H2,1-2H3,(H,30,35). The van der Waals surface area contributed by atoms with Crippen molar-refractivity contribution < 1.29 is 18.7 Å². The van der Waals surface area contributed by atoms with Gasteiger partial charge in [-0.2, -0.15) is 0 Å². The first-order valence-corrected chi connectivity index (χ1v) is 13.1. The molecule has 1 saturated heterocycles. The maximum Gasteiger partial charge on any atom is 0.287 e. The van der Waals surface area contributed by atoms with Crippen molar-refractivity contribution in [3.63, 3.8) is 0 Å². The summed E-state index contributed by atoms with van der Waals surface area (Å²) in [5.74, 6) is 0.837. The van der Waals surface area contributed by atoms with Crippen LogP contribution in [0.1, 0.15) is 53.8 Å². The SMILES string of the molecule is CCCN(Cc1cccn1Cc1ccc(C(=O)NC2CCN(Cc3ccccc3)CC2)o1)C(=O)COC. The van der Waals surface area contributed by atoms with Gasteiger partial charge < -0.3 is 23.9 Å². The van der Waals surface area contributed by atoms with E-state index in [9.17, 15) is 9.59 Å². The second-order valence-corrected chi connectivity index (χ2v) is 9.65. The highest BCUT2D eigenvalue weighted by Gasteiger charge is 2.23. The number of hydrogen-bond donors (Lipinski definition) is 1. The Morgan fingerprint density at radius 2 is 1.84 bits per heavy atom. The zero-order valence-corrected chi connectivity index (χ0v) is 21.9. The highest BCUT2D eigenvalue weighted by Crippen LogP contribution is 2.17. The summed E-state index contributed by atoms with van der Waals surface area (Å²) in [5, 5.41) is 3.15. The van der Waals surface area contributed by atoms with E-state index in [-0.39, 0.29) is 24.5 Å². The highest BCUT2D eigenvalue weighted by molar-refractivity contribution is 5.91. The number of piperidine rings is 1. The fourth-order valence-electron chi connectivity index (χ4n) is 4.81. The number of likely N-dealkylation sites (tertiary alicyclic amines) is 1. The number of ether oxygens (including phenoxy) is 1. The molecule has 1 aliphatic rings. The molecule has 0 bridgehead atoms. The molecule has 1 N–H and O–H groups in total. The first-order valence-electron chi connectivity index (χ1n) is 13.1. The van der Waals surface area contributed by atoms with Crippen LogP contribution in [0.25, 0.3) is 0 Å². The molecule has 0 spiro atoms. The van der Waals surface area contributed by atoms with E-state index < -0.39 is 0 Å². The van der Waals surface area contributed by atoms with Gasteiger partial charge in [0.25, 0.3) is 5.91 Å². The van der Waals surface area contributed by atoms with Crippen LogP contribution >= 0.6 is 0 Å². The van der Waals surface area contributed by atoms with Gasteiger partial charge in [-0.1, -0.05) is 37.3 Å². The normalized spacial score (nSPS) is 14.5. The Labute approximate surface area is 219 Å². The van der Waals surface area contributed by atoms with E-state index >= 15 is 0 Å². The number of rotatable bonds is 12. The lowest BCUT2D eigenvalue weighted by Gasteiger charge is -2.32. The maximum atomic E-state index is 12.8. The van der Waals surface area contributed by atoms with Crippen molar-refractivity contribution in [1.29, 1.82) is 0 Å². The van der Waals surface area contributed by atoms with Crippen LogP contribution in [0.3, 0.4) is 0 Å². The van der Waals surface area contributed by atoms with E-state index in [0.717, 1.165) is 44.6 Å². The minimum atomic E-state index is -0.167. The number of hydrogen-bond acceptors (Lipinski definition) is 5. The number of carbonyl (C=O) groups is 2. The molecular weight excluding hydrogens is 468 g/mol. The Kier molecular flexibility index (Phi) is 9.57. The Morgan fingerprint density at radius 3 is 2.57 bits per heavy atom. The molecule has 1 fully saturated rings. The molecule has 0 atom stereocenters. The molecule has 0 unspecified atom stereocenters. The number of nitrogens with one attached hydrogen (secondary N) is 1. The summed E-state index contributed by atoms with van der Waals surface area (Å²) in [5.41, 5.74) is 2.32. The van der Waals surface area contributed by atoms with Gasteiger partial charge in [0.05, 0.1) is 13.1 Å².